The van der Waals surface area contributed by atoms with Gasteiger partial charge in [-0.05, 0) is 37.6 Å². The smallest absolute Gasteiger partial charge is 0.272 e. The van der Waals surface area contributed by atoms with Crippen molar-refractivity contribution < 1.29 is 9.59 Å². The number of hydrogen-bond donors (Lipinski definition) is 0. The van der Waals surface area contributed by atoms with Gasteiger partial charge in [-0.15, -0.1) is 0 Å². The molecule has 2 aromatic heterocycles. The van der Waals surface area contributed by atoms with E-state index in [4.69, 9.17) is 4.98 Å². The Kier molecular flexibility index (Phi) is 5.47. The molecule has 2 aliphatic heterocycles. The molecule has 2 aliphatic rings. The van der Waals surface area contributed by atoms with Crippen molar-refractivity contribution in [3.8, 4) is 0 Å². The van der Waals surface area contributed by atoms with Gasteiger partial charge in [0.05, 0.1) is 0 Å². The third-order valence-electron chi connectivity index (χ3n) is 5.83. The molecule has 0 aliphatic carbocycles. The molecule has 29 heavy (non-hydrogen) atoms. The van der Waals surface area contributed by atoms with Gasteiger partial charge in [0.15, 0.2) is 0 Å². The summed E-state index contributed by atoms with van der Waals surface area (Å²) in [6, 6.07) is 9.69. The predicted octanol–water partition coefficient (Wildman–Crippen LogP) is 2.08. The fourth-order valence-corrected chi connectivity index (χ4v) is 4.18. The molecule has 2 fully saturated rings. The van der Waals surface area contributed by atoms with Gasteiger partial charge >= 0.3 is 0 Å². The fraction of sp³-hybridized carbons (Fsp3) is 0.455. The number of rotatable bonds is 3. The van der Waals surface area contributed by atoms with E-state index in [1.54, 1.807) is 19.2 Å². The van der Waals surface area contributed by atoms with E-state index in [-0.39, 0.29) is 17.7 Å². The summed E-state index contributed by atoms with van der Waals surface area (Å²) >= 11 is 0. The molecule has 2 amide bonds. The Morgan fingerprint density at radius 2 is 1.83 bits per heavy atom. The minimum atomic E-state index is -0.0127. The summed E-state index contributed by atoms with van der Waals surface area (Å²) in [5.41, 5.74) is 3.69. The fourth-order valence-electron chi connectivity index (χ4n) is 4.18. The lowest BCUT2D eigenvalue weighted by atomic mass is 10.0. The van der Waals surface area contributed by atoms with Gasteiger partial charge in [-0.25, -0.2) is 0 Å². The highest BCUT2D eigenvalue weighted by atomic mass is 16.2. The summed E-state index contributed by atoms with van der Waals surface area (Å²) in [6.07, 6.45) is 2.56. The van der Waals surface area contributed by atoms with Crippen LogP contribution in [0.3, 0.4) is 0 Å². The number of anilines is 1. The van der Waals surface area contributed by atoms with Crippen LogP contribution in [0.25, 0.3) is 0 Å². The van der Waals surface area contributed by atoms with Crippen LogP contribution < -0.4 is 4.90 Å². The highest BCUT2D eigenvalue weighted by molar-refractivity contribution is 5.92. The Morgan fingerprint density at radius 1 is 1.03 bits per heavy atom. The van der Waals surface area contributed by atoms with Crippen molar-refractivity contribution in [2.45, 2.75) is 26.2 Å². The molecule has 4 heterocycles. The van der Waals surface area contributed by atoms with E-state index in [1.165, 1.54) is 0 Å². The van der Waals surface area contributed by atoms with Crippen LogP contribution in [0, 0.1) is 6.92 Å². The average Bonchev–Trinajstić information content (AvgIpc) is 3.24. The second kappa shape index (κ2) is 8.19. The van der Waals surface area contributed by atoms with Gasteiger partial charge in [0, 0.05) is 75.4 Å². The Balaban J connectivity index is 1.46. The number of aromatic nitrogens is 2. The molecule has 0 saturated carbocycles. The number of carbonyl (C=O) groups excluding carboxylic acids is 2. The second-order valence-electron chi connectivity index (χ2n) is 7.84. The second-order valence-corrected chi connectivity index (χ2v) is 7.84. The van der Waals surface area contributed by atoms with Crippen molar-refractivity contribution >= 4 is 17.5 Å². The third kappa shape index (κ3) is 4.23. The van der Waals surface area contributed by atoms with Crippen LogP contribution in [-0.4, -0.2) is 70.9 Å². The highest BCUT2D eigenvalue weighted by Crippen LogP contribution is 2.30. The zero-order chi connectivity index (χ0) is 20.4. The van der Waals surface area contributed by atoms with Crippen LogP contribution in [0.15, 0.2) is 36.5 Å². The number of likely N-dealkylation sites (tertiary alicyclic amines) is 1. The first-order valence-electron chi connectivity index (χ1n) is 10.2. The summed E-state index contributed by atoms with van der Waals surface area (Å²) in [6.45, 7) is 8.21. The molecule has 152 valence electrons. The van der Waals surface area contributed by atoms with E-state index in [2.05, 4.69) is 22.0 Å². The monoisotopic (exact) mass is 393 g/mol. The molecule has 0 aromatic carbocycles. The van der Waals surface area contributed by atoms with Crippen molar-refractivity contribution in [1.29, 1.82) is 0 Å². The first kappa shape index (κ1) is 19.4. The predicted molar refractivity (Wildman–Crippen MR) is 111 cm³/mol. The largest absolute Gasteiger partial charge is 0.368 e. The topological polar surface area (TPSA) is 69.6 Å². The molecule has 2 saturated heterocycles. The van der Waals surface area contributed by atoms with Crippen LogP contribution >= 0.6 is 0 Å². The van der Waals surface area contributed by atoms with Gasteiger partial charge in [0.1, 0.15) is 5.69 Å². The molecular weight excluding hydrogens is 366 g/mol. The molecule has 4 rings (SSSR count). The van der Waals surface area contributed by atoms with Gasteiger partial charge in [0.25, 0.3) is 5.91 Å². The maximum Gasteiger partial charge on any atom is 0.272 e. The van der Waals surface area contributed by atoms with Crippen molar-refractivity contribution in [2.75, 3.05) is 44.2 Å². The van der Waals surface area contributed by atoms with Crippen molar-refractivity contribution in [3.05, 3.63) is 53.6 Å². The molecule has 1 atom stereocenters. The molecule has 1 unspecified atom stereocenters. The van der Waals surface area contributed by atoms with Gasteiger partial charge in [-0.3, -0.25) is 19.6 Å². The zero-order valence-electron chi connectivity index (χ0n) is 17.0. The quantitative estimate of drug-likeness (QED) is 0.799. The van der Waals surface area contributed by atoms with E-state index < -0.39 is 0 Å². The number of piperazine rings is 1. The number of hydrogen-bond acceptors (Lipinski definition) is 5. The summed E-state index contributed by atoms with van der Waals surface area (Å²) in [7, 11) is 0. The summed E-state index contributed by atoms with van der Waals surface area (Å²) in [5, 5.41) is 0. The van der Waals surface area contributed by atoms with E-state index in [0.29, 0.717) is 12.2 Å². The molecule has 2 aromatic rings. The van der Waals surface area contributed by atoms with Crippen molar-refractivity contribution in [2.24, 2.45) is 0 Å². The average molecular weight is 393 g/mol. The van der Waals surface area contributed by atoms with Crippen LogP contribution in [0.2, 0.25) is 0 Å². The molecule has 7 nitrogen and oxygen atoms in total. The van der Waals surface area contributed by atoms with E-state index in [9.17, 15) is 9.59 Å². The maximum absolute atomic E-state index is 12.7. The van der Waals surface area contributed by atoms with Crippen LogP contribution in [-0.2, 0) is 4.79 Å². The number of nitrogens with zero attached hydrogens (tertiary/aromatic N) is 5. The molecule has 0 bridgehead atoms. The lowest BCUT2D eigenvalue weighted by Gasteiger charge is -2.36. The minimum absolute atomic E-state index is 0.0127. The number of aryl methyl sites for hydroxylation is 1. The van der Waals surface area contributed by atoms with E-state index in [0.717, 1.165) is 56.2 Å². The normalized spacial score (nSPS) is 19.5. The van der Waals surface area contributed by atoms with Crippen molar-refractivity contribution in [1.82, 2.24) is 19.8 Å². The van der Waals surface area contributed by atoms with Crippen LogP contribution in [0.5, 0.6) is 0 Å². The van der Waals surface area contributed by atoms with Gasteiger partial charge in [0.2, 0.25) is 5.91 Å². The lowest BCUT2D eigenvalue weighted by Crippen LogP contribution is -2.48. The number of amides is 2. The first-order valence-corrected chi connectivity index (χ1v) is 10.2. The van der Waals surface area contributed by atoms with Crippen LogP contribution in [0.1, 0.15) is 41.1 Å². The molecule has 0 N–H and O–H groups in total. The summed E-state index contributed by atoms with van der Waals surface area (Å²) < 4.78 is 0. The lowest BCUT2D eigenvalue weighted by molar-refractivity contribution is -0.129. The Labute approximate surface area is 171 Å². The maximum atomic E-state index is 12.7. The Hall–Kier alpha value is -2.96. The summed E-state index contributed by atoms with van der Waals surface area (Å²) in [5.74, 6) is 0.362. The SMILES string of the molecule is CC(=O)N1CCN(c2cc(C)nc(C3CCN(C(=O)c4ccccn4)C3)c2)CC1. The van der Waals surface area contributed by atoms with E-state index >= 15 is 0 Å². The van der Waals surface area contributed by atoms with Gasteiger partial charge in [-0.1, -0.05) is 6.07 Å². The summed E-state index contributed by atoms with van der Waals surface area (Å²) in [4.78, 5) is 39.3. The molecule has 0 radical (unpaired) electrons. The highest BCUT2D eigenvalue weighted by Gasteiger charge is 2.30. The number of pyridine rings is 2. The van der Waals surface area contributed by atoms with Gasteiger partial charge in [-0.2, -0.15) is 0 Å². The molecule has 0 spiro atoms. The number of carbonyl (C=O) groups is 2. The Morgan fingerprint density at radius 3 is 2.52 bits per heavy atom. The standard InChI is InChI=1S/C22H27N5O2/c1-16-13-19(26-11-9-25(10-12-26)17(2)28)14-21(24-16)18-6-8-27(15-18)22(29)20-5-3-4-7-23-20/h3-5,7,13-14,18H,6,8-12,15H2,1-2H3. The van der Waals surface area contributed by atoms with Crippen molar-refractivity contribution in [3.63, 3.8) is 0 Å². The van der Waals surface area contributed by atoms with Crippen LogP contribution in [0.4, 0.5) is 5.69 Å². The van der Waals surface area contributed by atoms with E-state index in [1.807, 2.05) is 28.9 Å². The first-order chi connectivity index (χ1) is 14.0. The Bertz CT molecular complexity index is 893. The molecular formula is C22H27N5O2. The molecule has 7 heteroatoms. The third-order valence-corrected chi connectivity index (χ3v) is 5.83. The van der Waals surface area contributed by atoms with Gasteiger partial charge < -0.3 is 14.7 Å². The minimum Gasteiger partial charge on any atom is -0.368 e. The zero-order valence-corrected chi connectivity index (χ0v) is 17.0.